The molecule has 1 aromatic heterocycles. The molecule has 0 fully saturated rings. The molecule has 0 aliphatic carbocycles. The van der Waals surface area contributed by atoms with Crippen molar-refractivity contribution < 1.29 is 23.1 Å². The normalized spacial score (nSPS) is 11.2. The van der Waals surface area contributed by atoms with E-state index in [1.807, 2.05) is 0 Å². The molecular weight excluding hydrogens is 285 g/mol. The first-order chi connectivity index (χ1) is 9.79. The van der Waals surface area contributed by atoms with E-state index in [9.17, 15) is 23.1 Å². The molecule has 0 aliphatic heterocycles. The average Bonchev–Trinajstić information content (AvgIpc) is 2.45. The number of halogens is 3. The summed E-state index contributed by atoms with van der Waals surface area (Å²) in [7, 11) is 1.45. The number of alkyl halides is 3. The van der Waals surface area contributed by atoms with Gasteiger partial charge in [-0.1, -0.05) is 6.07 Å². The summed E-state index contributed by atoms with van der Waals surface area (Å²) >= 11 is 0. The Bertz CT molecular complexity index is 654. The molecule has 1 N–H and O–H groups in total. The van der Waals surface area contributed by atoms with Crippen LogP contribution >= 0.6 is 0 Å². The number of aromatic hydroxyl groups is 1. The summed E-state index contributed by atoms with van der Waals surface area (Å²) < 4.78 is 37.2. The summed E-state index contributed by atoms with van der Waals surface area (Å²) in [6, 6.07) is 7.78. The van der Waals surface area contributed by atoms with Gasteiger partial charge in [0.2, 0.25) is 0 Å². The largest absolute Gasteiger partial charge is 0.508 e. The molecule has 21 heavy (non-hydrogen) atoms. The molecule has 4 nitrogen and oxygen atoms in total. The quantitative estimate of drug-likeness (QED) is 0.926. The summed E-state index contributed by atoms with van der Waals surface area (Å²) in [6.45, 7) is 0. The first-order valence-corrected chi connectivity index (χ1v) is 5.89. The van der Waals surface area contributed by atoms with E-state index in [4.69, 9.17) is 0 Å². The first-order valence-electron chi connectivity index (χ1n) is 5.89. The fraction of sp³-hybridized carbons (Fsp3) is 0.143. The van der Waals surface area contributed by atoms with Gasteiger partial charge in [-0.15, -0.1) is 0 Å². The van der Waals surface area contributed by atoms with Crippen LogP contribution in [0.15, 0.2) is 42.6 Å². The summed E-state index contributed by atoms with van der Waals surface area (Å²) in [5.41, 5.74) is -0.618. The van der Waals surface area contributed by atoms with E-state index in [2.05, 4.69) is 4.98 Å². The van der Waals surface area contributed by atoms with Crippen LogP contribution < -0.4 is 4.90 Å². The number of aromatic nitrogens is 1. The minimum atomic E-state index is -4.54. The molecule has 0 radical (unpaired) electrons. The van der Waals surface area contributed by atoms with Crippen molar-refractivity contribution in [2.75, 3.05) is 11.9 Å². The van der Waals surface area contributed by atoms with Crippen molar-refractivity contribution in [3.63, 3.8) is 0 Å². The Morgan fingerprint density at radius 3 is 2.48 bits per heavy atom. The van der Waals surface area contributed by atoms with Crippen LogP contribution in [0.5, 0.6) is 5.75 Å². The highest BCUT2D eigenvalue weighted by Crippen LogP contribution is 2.27. The minimum Gasteiger partial charge on any atom is -0.508 e. The van der Waals surface area contributed by atoms with Gasteiger partial charge in [0.05, 0.1) is 5.56 Å². The highest BCUT2D eigenvalue weighted by atomic mass is 19.4. The zero-order valence-corrected chi connectivity index (χ0v) is 10.9. The molecule has 110 valence electrons. The molecule has 0 aliphatic rings. The minimum absolute atomic E-state index is 0.0160. The van der Waals surface area contributed by atoms with Crippen LogP contribution in [0.2, 0.25) is 0 Å². The number of hydrogen-bond acceptors (Lipinski definition) is 3. The van der Waals surface area contributed by atoms with E-state index in [0.29, 0.717) is 5.69 Å². The lowest BCUT2D eigenvalue weighted by Crippen LogP contribution is -2.26. The van der Waals surface area contributed by atoms with E-state index >= 15 is 0 Å². The van der Waals surface area contributed by atoms with Gasteiger partial charge >= 0.3 is 6.18 Å². The maximum atomic E-state index is 12.4. The third-order valence-corrected chi connectivity index (χ3v) is 2.82. The number of anilines is 1. The number of phenols is 1. The predicted octanol–water partition coefficient (Wildman–Crippen LogP) is 3.08. The highest BCUT2D eigenvalue weighted by molar-refractivity contribution is 6.05. The van der Waals surface area contributed by atoms with Crippen molar-refractivity contribution in [2.24, 2.45) is 0 Å². The number of carbonyl (C=O) groups is 1. The molecule has 7 heteroatoms. The summed E-state index contributed by atoms with van der Waals surface area (Å²) in [5, 5.41) is 9.36. The zero-order valence-electron chi connectivity index (χ0n) is 10.9. The number of carbonyl (C=O) groups excluding carboxylic acids is 1. The van der Waals surface area contributed by atoms with Crippen molar-refractivity contribution >= 4 is 11.6 Å². The monoisotopic (exact) mass is 296 g/mol. The molecule has 0 spiro atoms. The molecule has 2 aromatic rings. The fourth-order valence-corrected chi connectivity index (χ4v) is 1.70. The van der Waals surface area contributed by atoms with Crippen molar-refractivity contribution in [2.45, 2.75) is 6.18 Å². The van der Waals surface area contributed by atoms with E-state index in [0.717, 1.165) is 18.3 Å². The Hall–Kier alpha value is -2.57. The fourth-order valence-electron chi connectivity index (χ4n) is 1.70. The first kappa shape index (κ1) is 14.8. The van der Waals surface area contributed by atoms with Crippen LogP contribution in [0.3, 0.4) is 0 Å². The predicted molar refractivity (Wildman–Crippen MR) is 70.1 cm³/mol. The van der Waals surface area contributed by atoms with E-state index in [1.165, 1.54) is 24.1 Å². The van der Waals surface area contributed by atoms with E-state index < -0.39 is 17.8 Å². The van der Waals surface area contributed by atoms with Gasteiger partial charge < -0.3 is 10.0 Å². The second-order valence-corrected chi connectivity index (χ2v) is 4.31. The number of nitrogens with zero attached hydrogens (tertiary/aromatic N) is 2. The van der Waals surface area contributed by atoms with Crippen LogP contribution in [0.1, 0.15) is 16.1 Å². The maximum Gasteiger partial charge on any atom is 0.433 e. The number of phenolic OH excluding ortho intramolecular Hbond substituents is 1. The summed E-state index contributed by atoms with van der Waals surface area (Å²) in [6.07, 6.45) is -3.66. The molecular formula is C14H11F3N2O2. The number of rotatable bonds is 2. The van der Waals surface area contributed by atoms with Gasteiger partial charge in [0, 0.05) is 25.0 Å². The van der Waals surface area contributed by atoms with Gasteiger partial charge in [0.1, 0.15) is 11.4 Å². The summed E-state index contributed by atoms with van der Waals surface area (Å²) in [5.74, 6) is -0.542. The van der Waals surface area contributed by atoms with Crippen molar-refractivity contribution in [1.29, 1.82) is 0 Å². The molecule has 0 saturated carbocycles. The third kappa shape index (κ3) is 3.31. The van der Waals surface area contributed by atoms with Crippen molar-refractivity contribution in [1.82, 2.24) is 4.98 Å². The van der Waals surface area contributed by atoms with Crippen LogP contribution in [0, 0.1) is 0 Å². The topological polar surface area (TPSA) is 53.4 Å². The van der Waals surface area contributed by atoms with Gasteiger partial charge in [-0.3, -0.25) is 9.78 Å². The Labute approximate surface area is 118 Å². The van der Waals surface area contributed by atoms with Gasteiger partial charge in [-0.25, -0.2) is 0 Å². The Morgan fingerprint density at radius 2 is 1.95 bits per heavy atom. The number of pyridine rings is 1. The number of hydrogen-bond donors (Lipinski definition) is 1. The van der Waals surface area contributed by atoms with Gasteiger partial charge in [0.25, 0.3) is 5.91 Å². The standard InChI is InChI=1S/C14H11F3N2O2/c1-19(10-3-2-4-11(20)7-10)13(21)9-5-6-12(18-8-9)14(15,16)17/h2-8,20H,1H3. The van der Waals surface area contributed by atoms with Crippen LogP contribution in [0.25, 0.3) is 0 Å². The Kier molecular flexibility index (Phi) is 3.84. The summed E-state index contributed by atoms with van der Waals surface area (Å²) in [4.78, 5) is 16.6. The number of benzene rings is 1. The molecule has 1 heterocycles. The van der Waals surface area contributed by atoms with Crippen LogP contribution in [0.4, 0.5) is 18.9 Å². The average molecular weight is 296 g/mol. The van der Waals surface area contributed by atoms with Crippen molar-refractivity contribution in [3.05, 3.63) is 53.9 Å². The van der Waals surface area contributed by atoms with Crippen molar-refractivity contribution in [3.8, 4) is 5.75 Å². The Morgan fingerprint density at radius 1 is 1.24 bits per heavy atom. The Balaban J connectivity index is 2.24. The molecule has 1 aromatic carbocycles. The van der Waals surface area contributed by atoms with Gasteiger partial charge in [-0.2, -0.15) is 13.2 Å². The van der Waals surface area contributed by atoms with Crippen LogP contribution in [-0.2, 0) is 6.18 Å². The van der Waals surface area contributed by atoms with Crippen LogP contribution in [-0.4, -0.2) is 23.0 Å². The van der Waals surface area contributed by atoms with Gasteiger partial charge in [-0.05, 0) is 24.3 Å². The third-order valence-electron chi connectivity index (χ3n) is 2.82. The van der Waals surface area contributed by atoms with E-state index in [1.54, 1.807) is 12.1 Å². The molecule has 2 rings (SSSR count). The van der Waals surface area contributed by atoms with Gasteiger partial charge in [0.15, 0.2) is 0 Å². The second kappa shape index (κ2) is 5.43. The van der Waals surface area contributed by atoms with E-state index in [-0.39, 0.29) is 11.3 Å². The second-order valence-electron chi connectivity index (χ2n) is 4.31. The molecule has 0 bridgehead atoms. The molecule has 0 saturated heterocycles. The smallest absolute Gasteiger partial charge is 0.433 e. The molecule has 0 unspecified atom stereocenters. The SMILES string of the molecule is CN(C(=O)c1ccc(C(F)(F)F)nc1)c1cccc(O)c1. The maximum absolute atomic E-state index is 12.4. The number of amides is 1. The zero-order chi connectivity index (χ0) is 15.6. The lowest BCUT2D eigenvalue weighted by molar-refractivity contribution is -0.141. The lowest BCUT2D eigenvalue weighted by atomic mass is 10.2. The molecule has 0 atom stereocenters. The highest BCUT2D eigenvalue weighted by Gasteiger charge is 2.32. The lowest BCUT2D eigenvalue weighted by Gasteiger charge is -2.17. The molecule has 1 amide bonds.